The van der Waals surface area contributed by atoms with E-state index in [0.29, 0.717) is 6.61 Å². The molecule has 103 valence electrons. The number of benzene rings is 3. The molecule has 0 saturated carbocycles. The fourth-order valence-electron chi connectivity index (χ4n) is 2.28. The zero-order valence-corrected chi connectivity index (χ0v) is 11.8. The minimum Gasteiger partial charge on any atom is -0.489 e. The summed E-state index contributed by atoms with van der Waals surface area (Å²) < 4.78 is 5.96. The summed E-state index contributed by atoms with van der Waals surface area (Å²) in [6.45, 7) is 0.584. The van der Waals surface area contributed by atoms with Gasteiger partial charge >= 0.3 is 0 Å². The van der Waals surface area contributed by atoms with Crippen LogP contribution in [0, 0.1) is 6.07 Å². The maximum Gasteiger partial charge on any atom is 0.123 e. The molecule has 0 fully saturated rings. The zero-order chi connectivity index (χ0) is 14.3. The van der Waals surface area contributed by atoms with Crippen molar-refractivity contribution in [2.45, 2.75) is 13.0 Å². The van der Waals surface area contributed by atoms with E-state index < -0.39 is 0 Å². The second kappa shape index (κ2) is 6.76. The van der Waals surface area contributed by atoms with Gasteiger partial charge in [-0.05, 0) is 28.8 Å². The zero-order valence-electron chi connectivity index (χ0n) is 11.8. The van der Waals surface area contributed by atoms with E-state index >= 15 is 0 Å². The van der Waals surface area contributed by atoms with Crippen molar-refractivity contribution in [3.63, 3.8) is 0 Å². The molecule has 1 heteroatoms. The summed E-state index contributed by atoms with van der Waals surface area (Å²) in [5, 5.41) is 0. The second-order valence-electron chi connectivity index (χ2n) is 4.97. The Balaban J connectivity index is 1.73. The highest BCUT2D eigenvalue weighted by Crippen LogP contribution is 2.22. The first-order valence-electron chi connectivity index (χ1n) is 7.11. The van der Waals surface area contributed by atoms with Crippen molar-refractivity contribution in [3.8, 4) is 5.75 Å². The highest BCUT2D eigenvalue weighted by Gasteiger charge is 2.04. The third kappa shape index (κ3) is 3.73. The molecule has 1 nitrogen and oxygen atoms in total. The number of ether oxygens (including phenoxy) is 1. The van der Waals surface area contributed by atoms with E-state index in [0.717, 1.165) is 12.2 Å². The van der Waals surface area contributed by atoms with Crippen LogP contribution in [0.25, 0.3) is 0 Å². The van der Waals surface area contributed by atoms with Gasteiger partial charge in [0.1, 0.15) is 12.4 Å². The van der Waals surface area contributed by atoms with Crippen LogP contribution in [0.2, 0.25) is 0 Å². The Bertz CT molecular complexity index is 674. The van der Waals surface area contributed by atoms with Gasteiger partial charge in [-0.1, -0.05) is 72.8 Å². The van der Waals surface area contributed by atoms with Gasteiger partial charge in [0.05, 0.1) is 0 Å². The molecule has 0 amide bonds. The summed E-state index contributed by atoms with van der Waals surface area (Å²) in [4.78, 5) is 0. The molecule has 0 aliphatic heterocycles. The molecule has 1 radical (unpaired) electrons. The molecule has 21 heavy (non-hydrogen) atoms. The van der Waals surface area contributed by atoms with Crippen LogP contribution in [-0.4, -0.2) is 0 Å². The first-order chi connectivity index (χ1) is 10.4. The molecular weight excluding hydrogens is 256 g/mol. The Morgan fingerprint density at radius 2 is 1.43 bits per heavy atom. The van der Waals surface area contributed by atoms with Gasteiger partial charge in [0.25, 0.3) is 0 Å². The van der Waals surface area contributed by atoms with Gasteiger partial charge in [-0.25, -0.2) is 0 Å². The van der Waals surface area contributed by atoms with Gasteiger partial charge in [0, 0.05) is 6.42 Å². The van der Waals surface area contributed by atoms with Crippen molar-refractivity contribution in [1.82, 2.24) is 0 Å². The molecule has 0 aliphatic rings. The molecule has 0 spiro atoms. The topological polar surface area (TPSA) is 9.23 Å². The molecule has 3 rings (SSSR count). The predicted octanol–water partition coefficient (Wildman–Crippen LogP) is 4.66. The summed E-state index contributed by atoms with van der Waals surface area (Å²) in [6.07, 6.45) is 0.875. The monoisotopic (exact) mass is 273 g/mol. The average molecular weight is 273 g/mol. The Morgan fingerprint density at radius 3 is 2.14 bits per heavy atom. The van der Waals surface area contributed by atoms with Crippen molar-refractivity contribution in [2.24, 2.45) is 0 Å². The Hall–Kier alpha value is -2.54. The van der Waals surface area contributed by atoms with Crippen LogP contribution < -0.4 is 4.74 Å². The summed E-state index contributed by atoms with van der Waals surface area (Å²) >= 11 is 0. The van der Waals surface area contributed by atoms with Gasteiger partial charge < -0.3 is 4.74 Å². The van der Waals surface area contributed by atoms with Crippen molar-refractivity contribution >= 4 is 0 Å². The van der Waals surface area contributed by atoms with E-state index in [1.165, 1.54) is 16.7 Å². The van der Waals surface area contributed by atoms with Crippen LogP contribution in [0.4, 0.5) is 0 Å². The maximum atomic E-state index is 5.96. The van der Waals surface area contributed by atoms with Crippen LogP contribution in [-0.2, 0) is 13.0 Å². The van der Waals surface area contributed by atoms with Gasteiger partial charge in [-0.3, -0.25) is 0 Å². The van der Waals surface area contributed by atoms with Crippen LogP contribution in [0.5, 0.6) is 5.75 Å². The van der Waals surface area contributed by atoms with Gasteiger partial charge in [0.2, 0.25) is 0 Å². The lowest BCUT2D eigenvalue weighted by Gasteiger charge is -2.11. The molecule has 0 aliphatic carbocycles. The van der Waals surface area contributed by atoms with Crippen molar-refractivity contribution < 1.29 is 4.74 Å². The second-order valence-corrected chi connectivity index (χ2v) is 4.97. The quantitative estimate of drug-likeness (QED) is 0.657. The van der Waals surface area contributed by atoms with Crippen molar-refractivity contribution in [1.29, 1.82) is 0 Å². The van der Waals surface area contributed by atoms with E-state index in [-0.39, 0.29) is 0 Å². The van der Waals surface area contributed by atoms with Crippen LogP contribution in [0.3, 0.4) is 0 Å². The molecule has 0 heterocycles. The minimum atomic E-state index is 0.584. The smallest absolute Gasteiger partial charge is 0.123 e. The maximum absolute atomic E-state index is 5.96. The first-order valence-corrected chi connectivity index (χ1v) is 7.11. The van der Waals surface area contributed by atoms with E-state index in [2.05, 4.69) is 48.5 Å². The Labute approximate surface area is 125 Å². The van der Waals surface area contributed by atoms with Crippen molar-refractivity contribution in [2.75, 3.05) is 0 Å². The Morgan fingerprint density at radius 1 is 0.762 bits per heavy atom. The fraction of sp³-hybridized carbons (Fsp3) is 0.100. The highest BCUT2D eigenvalue weighted by atomic mass is 16.5. The average Bonchev–Trinajstić information content (AvgIpc) is 2.56. The molecule has 3 aromatic carbocycles. The lowest BCUT2D eigenvalue weighted by Crippen LogP contribution is -1.99. The molecule has 0 atom stereocenters. The SMILES string of the molecule is [c]1ccc(Cc2ccccc2)c(OCc2ccccc2)c1. The van der Waals surface area contributed by atoms with Crippen LogP contribution >= 0.6 is 0 Å². The number of rotatable bonds is 5. The third-order valence-corrected chi connectivity index (χ3v) is 3.39. The first kappa shape index (κ1) is 13.4. The van der Waals surface area contributed by atoms with Gasteiger partial charge in [-0.2, -0.15) is 0 Å². The van der Waals surface area contributed by atoms with Crippen LogP contribution in [0.1, 0.15) is 16.7 Å². The molecule has 0 unspecified atom stereocenters. The van der Waals surface area contributed by atoms with E-state index in [1.54, 1.807) is 0 Å². The standard InChI is InChI=1S/C20H17O/c1-3-9-17(10-4-1)15-19-13-7-8-14-20(19)21-16-18-11-5-2-6-12-18/h1-7,9-14H,15-16H2. The predicted molar refractivity (Wildman–Crippen MR) is 85.3 cm³/mol. The lowest BCUT2D eigenvalue weighted by molar-refractivity contribution is 0.303. The third-order valence-electron chi connectivity index (χ3n) is 3.39. The van der Waals surface area contributed by atoms with Crippen molar-refractivity contribution in [3.05, 3.63) is 102 Å². The van der Waals surface area contributed by atoms with Gasteiger partial charge in [0.15, 0.2) is 0 Å². The summed E-state index contributed by atoms with van der Waals surface area (Å²) in [6, 6.07) is 29.7. The summed E-state index contributed by atoms with van der Waals surface area (Å²) in [5.41, 5.74) is 3.65. The summed E-state index contributed by atoms with van der Waals surface area (Å²) in [5.74, 6) is 0.908. The fourth-order valence-corrected chi connectivity index (χ4v) is 2.28. The van der Waals surface area contributed by atoms with E-state index in [9.17, 15) is 0 Å². The Kier molecular flexibility index (Phi) is 4.33. The van der Waals surface area contributed by atoms with E-state index in [1.807, 2.05) is 36.4 Å². The van der Waals surface area contributed by atoms with E-state index in [4.69, 9.17) is 4.74 Å². The molecule has 3 aromatic rings. The molecule has 0 N–H and O–H groups in total. The molecule has 0 saturated heterocycles. The minimum absolute atomic E-state index is 0.584. The molecule has 0 bridgehead atoms. The van der Waals surface area contributed by atoms with Gasteiger partial charge in [-0.15, -0.1) is 0 Å². The molecular formula is C20H17O. The lowest BCUT2D eigenvalue weighted by atomic mass is 10.0. The molecule has 0 aromatic heterocycles. The number of hydrogen-bond donors (Lipinski definition) is 0. The summed E-state index contributed by atoms with van der Waals surface area (Å²) in [7, 11) is 0. The normalized spacial score (nSPS) is 10.3. The largest absolute Gasteiger partial charge is 0.489 e. The number of hydrogen-bond acceptors (Lipinski definition) is 1. The van der Waals surface area contributed by atoms with Crippen LogP contribution in [0.15, 0.2) is 78.9 Å². The highest BCUT2D eigenvalue weighted by molar-refractivity contribution is 5.37.